The summed E-state index contributed by atoms with van der Waals surface area (Å²) in [6.07, 6.45) is 3.86. The van der Waals surface area contributed by atoms with Crippen LogP contribution in [0.15, 0.2) is 28.7 Å². The molecule has 1 aromatic rings. The summed E-state index contributed by atoms with van der Waals surface area (Å²) >= 11 is 3.55. The predicted molar refractivity (Wildman–Crippen MR) is 81.4 cm³/mol. The van der Waals surface area contributed by atoms with Crippen LogP contribution in [0.2, 0.25) is 0 Å². The van der Waals surface area contributed by atoms with Gasteiger partial charge in [0.05, 0.1) is 0 Å². The highest BCUT2D eigenvalue weighted by atomic mass is 79.9. The minimum absolute atomic E-state index is 0.216. The summed E-state index contributed by atoms with van der Waals surface area (Å²) in [5.74, 6) is 2.19. The molecule has 1 nitrogen and oxygen atoms in total. The van der Waals surface area contributed by atoms with E-state index < -0.39 is 0 Å². The van der Waals surface area contributed by atoms with E-state index in [2.05, 4.69) is 61.0 Å². The van der Waals surface area contributed by atoms with Crippen molar-refractivity contribution in [2.24, 2.45) is 23.5 Å². The minimum atomic E-state index is -0.216. The number of benzene rings is 1. The average Bonchev–Trinajstić information content (AvgIpc) is 2.27. The van der Waals surface area contributed by atoms with E-state index in [-0.39, 0.29) is 5.54 Å². The largest absolute Gasteiger partial charge is 0.321 e. The first-order valence-corrected chi connectivity index (χ1v) is 7.73. The number of nitrogens with two attached hydrogens (primary N) is 1. The molecule has 1 fully saturated rings. The van der Waals surface area contributed by atoms with Gasteiger partial charge in [0.25, 0.3) is 0 Å². The average molecular weight is 310 g/mol. The molecule has 0 heterocycles. The van der Waals surface area contributed by atoms with Crippen molar-refractivity contribution in [3.05, 3.63) is 34.3 Å². The van der Waals surface area contributed by atoms with Crippen LogP contribution in [0.1, 0.15) is 45.6 Å². The zero-order valence-electron chi connectivity index (χ0n) is 11.6. The first-order valence-electron chi connectivity index (χ1n) is 6.94. The SMILES string of the molecule is CC1CC(C)CC(C(C)(N)c2cccc(Br)c2)C1. The minimum Gasteiger partial charge on any atom is -0.321 e. The molecule has 3 atom stereocenters. The van der Waals surface area contributed by atoms with E-state index in [1.165, 1.54) is 24.8 Å². The highest BCUT2D eigenvalue weighted by Gasteiger charge is 2.36. The lowest BCUT2D eigenvalue weighted by Crippen LogP contribution is -2.44. The van der Waals surface area contributed by atoms with E-state index in [1.54, 1.807) is 0 Å². The summed E-state index contributed by atoms with van der Waals surface area (Å²) in [6, 6.07) is 8.48. The van der Waals surface area contributed by atoms with Crippen molar-refractivity contribution < 1.29 is 0 Å². The maximum atomic E-state index is 6.69. The van der Waals surface area contributed by atoms with Crippen LogP contribution in [0.3, 0.4) is 0 Å². The molecule has 1 aromatic carbocycles. The van der Waals surface area contributed by atoms with E-state index in [1.807, 2.05) is 0 Å². The summed E-state index contributed by atoms with van der Waals surface area (Å²) in [5, 5.41) is 0. The Morgan fingerprint density at radius 1 is 1.17 bits per heavy atom. The molecule has 0 aliphatic heterocycles. The number of rotatable bonds is 2. The fourth-order valence-corrected chi connectivity index (χ4v) is 3.90. The van der Waals surface area contributed by atoms with Crippen LogP contribution in [0.4, 0.5) is 0 Å². The van der Waals surface area contributed by atoms with E-state index >= 15 is 0 Å². The molecule has 0 amide bonds. The molecule has 2 rings (SSSR count). The molecule has 2 heteroatoms. The van der Waals surface area contributed by atoms with Crippen molar-refractivity contribution >= 4 is 15.9 Å². The third-order valence-electron chi connectivity index (χ3n) is 4.47. The van der Waals surface area contributed by atoms with Gasteiger partial charge in [0.15, 0.2) is 0 Å². The molecule has 18 heavy (non-hydrogen) atoms. The van der Waals surface area contributed by atoms with Gasteiger partial charge in [-0.1, -0.05) is 41.9 Å². The van der Waals surface area contributed by atoms with Gasteiger partial charge in [-0.15, -0.1) is 0 Å². The van der Waals surface area contributed by atoms with Crippen LogP contribution < -0.4 is 5.73 Å². The Morgan fingerprint density at radius 3 is 2.33 bits per heavy atom. The van der Waals surface area contributed by atoms with E-state index in [0.29, 0.717) is 5.92 Å². The summed E-state index contributed by atoms with van der Waals surface area (Å²) < 4.78 is 1.12. The highest BCUT2D eigenvalue weighted by Crippen LogP contribution is 2.42. The Balaban J connectivity index is 2.24. The van der Waals surface area contributed by atoms with Gasteiger partial charge in [-0.2, -0.15) is 0 Å². The monoisotopic (exact) mass is 309 g/mol. The third-order valence-corrected chi connectivity index (χ3v) is 4.97. The Labute approximate surface area is 119 Å². The molecule has 2 N–H and O–H groups in total. The molecule has 1 saturated carbocycles. The normalized spacial score (nSPS) is 31.9. The van der Waals surface area contributed by atoms with Crippen molar-refractivity contribution in [3.63, 3.8) is 0 Å². The molecule has 100 valence electrons. The van der Waals surface area contributed by atoms with E-state index in [9.17, 15) is 0 Å². The van der Waals surface area contributed by atoms with Crippen molar-refractivity contribution in [1.29, 1.82) is 0 Å². The quantitative estimate of drug-likeness (QED) is 0.842. The fraction of sp³-hybridized carbons (Fsp3) is 0.625. The summed E-state index contributed by atoms with van der Waals surface area (Å²) in [6.45, 7) is 6.92. The molecule has 0 saturated heterocycles. The Bertz CT molecular complexity index is 403. The van der Waals surface area contributed by atoms with Gasteiger partial charge in [0, 0.05) is 10.0 Å². The molecule has 1 aliphatic carbocycles. The van der Waals surface area contributed by atoms with Gasteiger partial charge in [0.2, 0.25) is 0 Å². The lowest BCUT2D eigenvalue weighted by molar-refractivity contribution is 0.145. The third kappa shape index (κ3) is 2.97. The fourth-order valence-electron chi connectivity index (χ4n) is 3.50. The Kier molecular flexibility index (Phi) is 4.18. The second kappa shape index (κ2) is 5.34. The molecular formula is C16H24BrN. The van der Waals surface area contributed by atoms with Gasteiger partial charge in [-0.05, 0) is 61.6 Å². The predicted octanol–water partition coefficient (Wildman–Crippen LogP) is 4.70. The topological polar surface area (TPSA) is 26.0 Å². The lowest BCUT2D eigenvalue weighted by Gasteiger charge is -2.41. The summed E-state index contributed by atoms with van der Waals surface area (Å²) in [4.78, 5) is 0. The van der Waals surface area contributed by atoms with Crippen LogP contribution in [0.25, 0.3) is 0 Å². The van der Waals surface area contributed by atoms with Crippen molar-refractivity contribution in [1.82, 2.24) is 0 Å². The van der Waals surface area contributed by atoms with Crippen LogP contribution >= 0.6 is 15.9 Å². The Hall–Kier alpha value is -0.340. The van der Waals surface area contributed by atoms with Gasteiger partial charge >= 0.3 is 0 Å². The number of hydrogen-bond donors (Lipinski definition) is 1. The zero-order chi connectivity index (χ0) is 13.3. The maximum absolute atomic E-state index is 6.69. The number of halogens is 1. The highest BCUT2D eigenvalue weighted by molar-refractivity contribution is 9.10. The second-order valence-corrected chi connectivity index (χ2v) is 7.32. The molecule has 1 aliphatic rings. The van der Waals surface area contributed by atoms with Crippen molar-refractivity contribution in [3.8, 4) is 0 Å². The Morgan fingerprint density at radius 2 is 1.78 bits per heavy atom. The lowest BCUT2D eigenvalue weighted by atomic mass is 9.67. The van der Waals surface area contributed by atoms with Gasteiger partial charge in [-0.25, -0.2) is 0 Å². The smallest absolute Gasteiger partial charge is 0.0410 e. The number of hydrogen-bond acceptors (Lipinski definition) is 1. The van der Waals surface area contributed by atoms with Gasteiger partial charge in [0.1, 0.15) is 0 Å². The molecule has 0 radical (unpaired) electrons. The molecular weight excluding hydrogens is 286 g/mol. The van der Waals surface area contributed by atoms with Crippen molar-refractivity contribution in [2.45, 2.75) is 45.6 Å². The van der Waals surface area contributed by atoms with Crippen LogP contribution in [0, 0.1) is 17.8 Å². The molecule has 0 spiro atoms. The maximum Gasteiger partial charge on any atom is 0.0410 e. The molecule has 0 bridgehead atoms. The van der Waals surface area contributed by atoms with Crippen LogP contribution in [-0.2, 0) is 5.54 Å². The first-order chi connectivity index (χ1) is 8.39. The van der Waals surface area contributed by atoms with E-state index in [0.717, 1.165) is 16.3 Å². The standard InChI is InChI=1S/C16H24BrN/c1-11-7-12(2)9-14(8-11)16(3,18)13-5-4-6-15(17)10-13/h4-6,10-12,14H,7-9,18H2,1-3H3. The van der Waals surface area contributed by atoms with Gasteiger partial charge < -0.3 is 5.73 Å². The molecule has 3 unspecified atom stereocenters. The van der Waals surface area contributed by atoms with E-state index in [4.69, 9.17) is 5.73 Å². The summed E-state index contributed by atoms with van der Waals surface area (Å²) in [7, 11) is 0. The van der Waals surface area contributed by atoms with Crippen LogP contribution in [0.5, 0.6) is 0 Å². The summed E-state index contributed by atoms with van der Waals surface area (Å²) in [5.41, 5.74) is 7.72. The van der Waals surface area contributed by atoms with Crippen LogP contribution in [-0.4, -0.2) is 0 Å². The molecule has 0 aromatic heterocycles. The zero-order valence-corrected chi connectivity index (χ0v) is 13.2. The second-order valence-electron chi connectivity index (χ2n) is 6.41. The first kappa shape index (κ1) is 14.1. The van der Waals surface area contributed by atoms with Crippen molar-refractivity contribution in [2.75, 3.05) is 0 Å². The van der Waals surface area contributed by atoms with Gasteiger partial charge in [-0.3, -0.25) is 0 Å².